The van der Waals surface area contributed by atoms with Gasteiger partial charge in [0, 0.05) is 6.20 Å². The van der Waals surface area contributed by atoms with Crippen LogP contribution in [0.1, 0.15) is 42.6 Å². The summed E-state index contributed by atoms with van der Waals surface area (Å²) in [5.74, 6) is 2.95. The van der Waals surface area contributed by atoms with E-state index in [4.69, 9.17) is 4.74 Å². The van der Waals surface area contributed by atoms with Gasteiger partial charge in [-0.25, -0.2) is 14.8 Å². The first kappa shape index (κ1) is 15.0. The second-order valence-electron chi connectivity index (χ2n) is 4.41. The lowest BCUT2D eigenvalue weighted by molar-refractivity contribution is 0.0524. The molecule has 0 aromatic carbocycles. The molecule has 1 aromatic heterocycles. The van der Waals surface area contributed by atoms with Gasteiger partial charge in [-0.2, -0.15) is 11.8 Å². The van der Waals surface area contributed by atoms with Gasteiger partial charge in [0.2, 0.25) is 0 Å². The molecule has 1 aromatic rings. The van der Waals surface area contributed by atoms with Crippen LogP contribution in [-0.4, -0.2) is 28.3 Å². The molecule has 0 fully saturated rings. The van der Waals surface area contributed by atoms with Gasteiger partial charge in [-0.05, 0) is 25.5 Å². The second kappa shape index (κ2) is 7.36. The third kappa shape index (κ3) is 4.64. The fourth-order valence-corrected chi connectivity index (χ4v) is 2.29. The summed E-state index contributed by atoms with van der Waals surface area (Å²) in [7, 11) is 0. The molecule has 0 aliphatic rings. The first-order chi connectivity index (χ1) is 8.54. The predicted octanol–water partition coefficient (Wildman–Crippen LogP) is 2.85. The monoisotopic (exact) mass is 268 g/mol. The number of aryl methyl sites for hydroxylation is 1. The van der Waals surface area contributed by atoms with Gasteiger partial charge >= 0.3 is 5.97 Å². The van der Waals surface area contributed by atoms with Gasteiger partial charge in [0.1, 0.15) is 5.82 Å². The Bertz CT molecular complexity index is 408. The Kier molecular flexibility index (Phi) is 6.12. The highest BCUT2D eigenvalue weighted by Gasteiger charge is 2.12. The number of hydrogen-bond acceptors (Lipinski definition) is 5. The molecule has 1 heterocycles. The third-order valence-electron chi connectivity index (χ3n) is 2.21. The summed E-state index contributed by atoms with van der Waals surface area (Å²) in [6.07, 6.45) is 1.56. The largest absolute Gasteiger partial charge is 0.462 e. The van der Waals surface area contributed by atoms with Crippen LogP contribution in [0.4, 0.5) is 0 Å². The number of esters is 1. The van der Waals surface area contributed by atoms with Crippen molar-refractivity contribution in [1.82, 2.24) is 9.97 Å². The van der Waals surface area contributed by atoms with E-state index in [2.05, 4.69) is 23.8 Å². The molecule has 0 radical (unpaired) electrons. The topological polar surface area (TPSA) is 52.1 Å². The molecule has 0 aliphatic carbocycles. The van der Waals surface area contributed by atoms with Gasteiger partial charge in [-0.15, -0.1) is 0 Å². The highest BCUT2D eigenvalue weighted by molar-refractivity contribution is 7.98. The molecular formula is C13H20N2O2S. The quantitative estimate of drug-likeness (QED) is 0.743. The lowest BCUT2D eigenvalue weighted by Crippen LogP contribution is -2.10. The van der Waals surface area contributed by atoms with Crippen molar-refractivity contribution in [1.29, 1.82) is 0 Å². The van der Waals surface area contributed by atoms with E-state index >= 15 is 0 Å². The molecule has 0 saturated heterocycles. The van der Waals surface area contributed by atoms with Crippen molar-refractivity contribution >= 4 is 17.7 Å². The molecule has 5 heteroatoms. The summed E-state index contributed by atoms with van der Waals surface area (Å²) in [5.41, 5.74) is 1.14. The minimum absolute atomic E-state index is 0.351. The molecule has 0 N–H and O–H groups in total. The van der Waals surface area contributed by atoms with Crippen LogP contribution in [0.3, 0.4) is 0 Å². The maximum atomic E-state index is 11.6. The van der Waals surface area contributed by atoms with E-state index < -0.39 is 0 Å². The molecular weight excluding hydrogens is 248 g/mol. The third-order valence-corrected chi connectivity index (χ3v) is 3.57. The van der Waals surface area contributed by atoms with Crippen molar-refractivity contribution in [2.45, 2.75) is 33.4 Å². The van der Waals surface area contributed by atoms with Crippen LogP contribution in [0.5, 0.6) is 0 Å². The van der Waals surface area contributed by atoms with Crippen molar-refractivity contribution in [2.75, 3.05) is 12.4 Å². The van der Waals surface area contributed by atoms with E-state index in [1.807, 2.05) is 6.92 Å². The molecule has 4 nitrogen and oxygen atoms in total. The number of rotatable bonds is 6. The van der Waals surface area contributed by atoms with Crippen molar-refractivity contribution in [3.05, 3.63) is 23.3 Å². The van der Waals surface area contributed by atoms with E-state index in [9.17, 15) is 4.79 Å². The summed E-state index contributed by atoms with van der Waals surface area (Å²) in [4.78, 5) is 20.1. The first-order valence-electron chi connectivity index (χ1n) is 6.12. The standard InChI is InChI=1S/C13H20N2O2S/c1-5-17-13(16)11-6-14-12(15-10(11)4)8-18-7-9(2)3/h6,9H,5,7-8H2,1-4H3. The number of ether oxygens (including phenoxy) is 1. The van der Waals surface area contributed by atoms with E-state index in [-0.39, 0.29) is 5.97 Å². The Balaban J connectivity index is 2.64. The molecule has 0 aliphatic heterocycles. The maximum absolute atomic E-state index is 11.6. The molecule has 1 rings (SSSR count). The van der Waals surface area contributed by atoms with Gasteiger partial charge < -0.3 is 4.74 Å². The van der Waals surface area contributed by atoms with Crippen molar-refractivity contribution in [3.8, 4) is 0 Å². The molecule has 0 unspecified atom stereocenters. The van der Waals surface area contributed by atoms with Gasteiger partial charge in [0.15, 0.2) is 0 Å². The Morgan fingerprint density at radius 3 is 2.78 bits per heavy atom. The van der Waals surface area contributed by atoms with Crippen LogP contribution in [0.2, 0.25) is 0 Å². The predicted molar refractivity (Wildman–Crippen MR) is 73.7 cm³/mol. The van der Waals surface area contributed by atoms with Crippen LogP contribution in [0, 0.1) is 12.8 Å². The lowest BCUT2D eigenvalue weighted by Gasteiger charge is -2.07. The zero-order valence-electron chi connectivity index (χ0n) is 11.4. The number of hydrogen-bond donors (Lipinski definition) is 0. The average molecular weight is 268 g/mol. The minimum Gasteiger partial charge on any atom is -0.462 e. The summed E-state index contributed by atoms with van der Waals surface area (Å²) >= 11 is 1.81. The average Bonchev–Trinajstić information content (AvgIpc) is 2.28. The SMILES string of the molecule is CCOC(=O)c1cnc(CSCC(C)C)nc1C. The number of aromatic nitrogens is 2. The maximum Gasteiger partial charge on any atom is 0.341 e. The Labute approximate surface area is 113 Å². The highest BCUT2D eigenvalue weighted by Crippen LogP contribution is 2.14. The van der Waals surface area contributed by atoms with Crippen molar-refractivity contribution < 1.29 is 9.53 Å². The van der Waals surface area contributed by atoms with Gasteiger partial charge in [0.25, 0.3) is 0 Å². The van der Waals surface area contributed by atoms with Crippen LogP contribution < -0.4 is 0 Å². The van der Waals surface area contributed by atoms with E-state index in [0.717, 1.165) is 17.3 Å². The number of thioether (sulfide) groups is 1. The smallest absolute Gasteiger partial charge is 0.341 e. The molecule has 0 bridgehead atoms. The van der Waals surface area contributed by atoms with Gasteiger partial charge in [0.05, 0.1) is 23.6 Å². The summed E-state index contributed by atoms with van der Waals surface area (Å²) in [5, 5.41) is 0. The Morgan fingerprint density at radius 1 is 1.50 bits per heavy atom. The molecule has 0 saturated carbocycles. The Hall–Kier alpha value is -1.10. The first-order valence-corrected chi connectivity index (χ1v) is 7.27. The van der Waals surface area contributed by atoms with Crippen LogP contribution in [-0.2, 0) is 10.5 Å². The molecule has 100 valence electrons. The van der Waals surface area contributed by atoms with Crippen LogP contribution in [0.25, 0.3) is 0 Å². The van der Waals surface area contributed by atoms with E-state index in [1.165, 1.54) is 0 Å². The molecule has 18 heavy (non-hydrogen) atoms. The summed E-state index contributed by atoms with van der Waals surface area (Å²) in [6, 6.07) is 0. The Morgan fingerprint density at radius 2 is 2.22 bits per heavy atom. The normalized spacial score (nSPS) is 10.7. The molecule has 0 amide bonds. The number of carbonyl (C=O) groups is 1. The highest BCUT2D eigenvalue weighted by atomic mass is 32.2. The zero-order chi connectivity index (χ0) is 13.5. The number of carbonyl (C=O) groups excluding carboxylic acids is 1. The van der Waals surface area contributed by atoms with E-state index in [0.29, 0.717) is 23.8 Å². The molecule has 0 atom stereocenters. The van der Waals surface area contributed by atoms with Gasteiger partial charge in [-0.3, -0.25) is 0 Å². The van der Waals surface area contributed by atoms with Gasteiger partial charge in [-0.1, -0.05) is 13.8 Å². The second-order valence-corrected chi connectivity index (χ2v) is 5.45. The lowest BCUT2D eigenvalue weighted by atomic mass is 10.2. The summed E-state index contributed by atoms with van der Waals surface area (Å²) < 4.78 is 4.94. The van der Waals surface area contributed by atoms with Crippen LogP contribution in [0.15, 0.2) is 6.20 Å². The van der Waals surface area contributed by atoms with Crippen LogP contribution >= 0.6 is 11.8 Å². The van der Waals surface area contributed by atoms with Crippen molar-refractivity contribution in [2.24, 2.45) is 5.92 Å². The molecule has 0 spiro atoms. The zero-order valence-corrected chi connectivity index (χ0v) is 12.2. The van der Waals surface area contributed by atoms with E-state index in [1.54, 1.807) is 24.9 Å². The fourth-order valence-electron chi connectivity index (χ4n) is 1.38. The number of nitrogens with zero attached hydrogens (tertiary/aromatic N) is 2. The fraction of sp³-hybridized carbons (Fsp3) is 0.615. The summed E-state index contributed by atoms with van der Waals surface area (Å²) in [6.45, 7) is 8.33. The minimum atomic E-state index is -0.351. The van der Waals surface area contributed by atoms with Crippen molar-refractivity contribution in [3.63, 3.8) is 0 Å².